The molecule has 0 bridgehead atoms. The maximum Gasteiger partial charge on any atom is 0.283 e. The number of ether oxygens (including phenoxy) is 1. The number of para-hydroxylation sites is 1. The minimum Gasteiger partial charge on any atom is -0.497 e. The molecule has 2 aromatic carbocycles. The molecule has 0 aromatic heterocycles. The quantitative estimate of drug-likeness (QED) is 0.817. The van der Waals surface area contributed by atoms with Gasteiger partial charge in [0.05, 0.1) is 7.11 Å². The van der Waals surface area contributed by atoms with Gasteiger partial charge >= 0.3 is 0 Å². The largest absolute Gasteiger partial charge is 0.497 e. The first kappa shape index (κ1) is 11.9. The highest BCUT2D eigenvalue weighted by molar-refractivity contribution is 6.82. The molecule has 1 heterocycles. The number of anilines is 1. The van der Waals surface area contributed by atoms with Crippen LogP contribution >= 0.6 is 0 Å². The third kappa shape index (κ3) is 2.24. The van der Waals surface area contributed by atoms with Crippen molar-refractivity contribution < 1.29 is 4.74 Å². The van der Waals surface area contributed by atoms with Gasteiger partial charge in [-0.25, -0.2) is 0 Å². The van der Waals surface area contributed by atoms with Gasteiger partial charge in [-0.3, -0.25) is 0 Å². The average Bonchev–Trinajstić information content (AvgIpc) is 2.46. The number of hydrogen-bond acceptors (Lipinski definition) is 2. The van der Waals surface area contributed by atoms with Crippen molar-refractivity contribution in [3.8, 4) is 5.75 Å². The number of rotatable bonds is 2. The zero-order valence-corrected chi connectivity index (χ0v) is 11.2. The summed E-state index contributed by atoms with van der Waals surface area (Å²) in [5.41, 5.74) is 4.92. The number of nitrogens with one attached hydrogen (secondary N) is 1. The van der Waals surface area contributed by atoms with Crippen LogP contribution in [0.5, 0.6) is 5.75 Å². The molecule has 0 fully saturated rings. The second-order valence-electron chi connectivity index (χ2n) is 4.78. The summed E-state index contributed by atoms with van der Waals surface area (Å²) >= 11 is 0. The molecule has 1 aliphatic heterocycles. The topological polar surface area (TPSA) is 21.3 Å². The van der Waals surface area contributed by atoms with Crippen LogP contribution in [-0.4, -0.2) is 14.0 Å². The van der Waals surface area contributed by atoms with Gasteiger partial charge < -0.3 is 9.96 Å². The number of fused-ring (bicyclic) bond motifs is 1. The summed E-state index contributed by atoms with van der Waals surface area (Å²) < 4.78 is 5.30. The molecule has 3 rings (SSSR count). The molecular weight excluding hydrogens is 233 g/mol. The Kier molecular flexibility index (Phi) is 3.04. The van der Waals surface area contributed by atoms with E-state index in [-0.39, 0.29) is 0 Å². The minimum absolute atomic E-state index is 0.294. The Morgan fingerprint density at radius 3 is 2.74 bits per heavy atom. The lowest BCUT2D eigenvalue weighted by Crippen LogP contribution is -2.26. The second-order valence-corrected chi connectivity index (χ2v) is 4.78. The molecule has 0 radical (unpaired) electrons. The molecular formula is C16H16BNO. The van der Waals surface area contributed by atoms with Gasteiger partial charge in [0.2, 0.25) is 0 Å². The zero-order valence-electron chi connectivity index (χ0n) is 11.2. The van der Waals surface area contributed by atoms with Gasteiger partial charge in [0, 0.05) is 5.69 Å². The average molecular weight is 249 g/mol. The Morgan fingerprint density at radius 2 is 1.89 bits per heavy atom. The van der Waals surface area contributed by atoms with Crippen molar-refractivity contribution in [3.05, 3.63) is 59.7 Å². The highest BCUT2D eigenvalue weighted by atomic mass is 16.5. The summed E-state index contributed by atoms with van der Waals surface area (Å²) in [6.07, 6.45) is 2.26. The van der Waals surface area contributed by atoms with Crippen LogP contribution in [-0.2, 0) is 0 Å². The van der Waals surface area contributed by atoms with Crippen molar-refractivity contribution in [2.24, 2.45) is 0 Å². The van der Waals surface area contributed by atoms with Gasteiger partial charge in [-0.15, -0.1) is 0 Å². The van der Waals surface area contributed by atoms with Crippen molar-refractivity contribution in [1.29, 1.82) is 0 Å². The molecule has 0 saturated carbocycles. The first-order chi connectivity index (χ1) is 9.28. The molecule has 0 aliphatic carbocycles. The number of hydrogen-bond donors (Lipinski definition) is 1. The van der Waals surface area contributed by atoms with E-state index >= 15 is 0 Å². The van der Waals surface area contributed by atoms with Crippen molar-refractivity contribution in [1.82, 2.24) is 0 Å². The maximum atomic E-state index is 5.30. The van der Waals surface area contributed by atoms with Gasteiger partial charge in [0.1, 0.15) is 5.75 Å². The standard InChI is InChI=1S/C16H16BNO/c1-17-15(12-7-5-8-14(10-12)19-2)11-13-6-3-4-9-16(13)18-17/h3-11,18H,1-2H3. The predicted octanol–water partition coefficient (Wildman–Crippen LogP) is 3.82. The number of benzene rings is 2. The molecule has 2 aromatic rings. The Hall–Kier alpha value is -2.16. The van der Waals surface area contributed by atoms with Crippen molar-refractivity contribution >= 4 is 24.1 Å². The molecule has 0 amide bonds. The highest BCUT2D eigenvalue weighted by Crippen LogP contribution is 2.31. The van der Waals surface area contributed by atoms with Crippen molar-refractivity contribution in [2.75, 3.05) is 12.3 Å². The van der Waals surface area contributed by atoms with E-state index in [1.807, 2.05) is 12.1 Å². The third-order valence-electron chi connectivity index (χ3n) is 3.51. The fourth-order valence-corrected chi connectivity index (χ4v) is 2.49. The summed E-state index contributed by atoms with van der Waals surface area (Å²) in [5.74, 6) is 0.893. The van der Waals surface area contributed by atoms with Gasteiger partial charge in [-0.2, -0.15) is 0 Å². The van der Waals surface area contributed by atoms with Crippen LogP contribution in [0.3, 0.4) is 0 Å². The molecule has 1 N–H and O–H groups in total. The monoisotopic (exact) mass is 249 g/mol. The van der Waals surface area contributed by atoms with E-state index in [1.165, 1.54) is 22.3 Å². The molecule has 19 heavy (non-hydrogen) atoms. The lowest BCUT2D eigenvalue weighted by Gasteiger charge is -2.23. The van der Waals surface area contributed by atoms with Crippen LogP contribution in [0.15, 0.2) is 48.5 Å². The van der Waals surface area contributed by atoms with Gasteiger partial charge in [0.15, 0.2) is 0 Å². The van der Waals surface area contributed by atoms with Crippen LogP contribution in [0, 0.1) is 0 Å². The van der Waals surface area contributed by atoms with E-state index in [0.29, 0.717) is 6.85 Å². The maximum absolute atomic E-state index is 5.30. The summed E-state index contributed by atoms with van der Waals surface area (Å²) in [7, 11) is 1.70. The molecule has 0 atom stereocenters. The smallest absolute Gasteiger partial charge is 0.283 e. The lowest BCUT2D eigenvalue weighted by atomic mass is 9.53. The van der Waals surface area contributed by atoms with Crippen LogP contribution in [0.4, 0.5) is 5.69 Å². The van der Waals surface area contributed by atoms with Gasteiger partial charge in [-0.1, -0.05) is 43.2 Å². The van der Waals surface area contributed by atoms with Crippen LogP contribution in [0.1, 0.15) is 11.1 Å². The van der Waals surface area contributed by atoms with E-state index in [0.717, 1.165) is 5.75 Å². The fraction of sp³-hybridized carbons (Fsp3) is 0.125. The Bertz CT molecular complexity index is 636. The molecule has 94 valence electrons. The van der Waals surface area contributed by atoms with Crippen LogP contribution in [0.2, 0.25) is 6.82 Å². The summed E-state index contributed by atoms with van der Waals surface area (Å²) in [6, 6.07) is 16.6. The minimum atomic E-state index is 0.294. The van der Waals surface area contributed by atoms with Gasteiger partial charge in [0.25, 0.3) is 6.85 Å². The van der Waals surface area contributed by atoms with Crippen LogP contribution in [0.25, 0.3) is 11.5 Å². The third-order valence-corrected chi connectivity index (χ3v) is 3.51. The van der Waals surface area contributed by atoms with Crippen molar-refractivity contribution in [2.45, 2.75) is 6.82 Å². The fourth-order valence-electron chi connectivity index (χ4n) is 2.49. The summed E-state index contributed by atoms with van der Waals surface area (Å²) in [6.45, 7) is 2.48. The first-order valence-electron chi connectivity index (χ1n) is 6.49. The van der Waals surface area contributed by atoms with Crippen LogP contribution < -0.4 is 9.96 Å². The summed E-state index contributed by atoms with van der Waals surface area (Å²) in [4.78, 5) is 0. The summed E-state index contributed by atoms with van der Waals surface area (Å²) in [5, 5.41) is 3.54. The predicted molar refractivity (Wildman–Crippen MR) is 82.5 cm³/mol. The first-order valence-corrected chi connectivity index (χ1v) is 6.49. The second kappa shape index (κ2) is 4.85. The van der Waals surface area contributed by atoms with E-state index in [9.17, 15) is 0 Å². The molecule has 0 saturated heterocycles. The zero-order chi connectivity index (χ0) is 13.2. The molecule has 2 nitrogen and oxygen atoms in total. The van der Waals surface area contributed by atoms with E-state index in [4.69, 9.17) is 4.74 Å². The molecule has 0 spiro atoms. The van der Waals surface area contributed by atoms with E-state index < -0.39 is 0 Å². The van der Waals surface area contributed by atoms with E-state index in [1.54, 1.807) is 7.11 Å². The Morgan fingerprint density at radius 1 is 1.05 bits per heavy atom. The Balaban J connectivity index is 2.07. The SMILES string of the molecule is COc1cccc(C2=Cc3ccccc3NB2C)c1. The molecule has 0 unspecified atom stereocenters. The Labute approximate surface area is 114 Å². The van der Waals surface area contributed by atoms with E-state index in [2.05, 4.69) is 54.5 Å². The van der Waals surface area contributed by atoms with Gasteiger partial charge in [-0.05, 0) is 34.8 Å². The lowest BCUT2D eigenvalue weighted by molar-refractivity contribution is 0.414. The van der Waals surface area contributed by atoms with Crippen molar-refractivity contribution in [3.63, 3.8) is 0 Å². The molecule has 3 heteroatoms. The highest BCUT2D eigenvalue weighted by Gasteiger charge is 2.21. The molecule has 1 aliphatic rings. The normalized spacial score (nSPS) is 13.4. The number of methoxy groups -OCH3 is 1.